The van der Waals surface area contributed by atoms with Gasteiger partial charge in [-0.3, -0.25) is 0 Å². The van der Waals surface area contributed by atoms with E-state index in [1.165, 1.54) is 43.1 Å². The van der Waals surface area contributed by atoms with Crippen LogP contribution in [0.3, 0.4) is 0 Å². The minimum absolute atomic E-state index is 0.480. The maximum Gasteiger partial charge on any atom is 0.194 e. The van der Waals surface area contributed by atoms with Crippen LogP contribution in [0.15, 0.2) is 388 Å². The van der Waals surface area contributed by atoms with Crippen molar-refractivity contribution in [3.05, 3.63) is 400 Å². The van der Waals surface area contributed by atoms with Gasteiger partial charge in [-0.1, -0.05) is 249 Å². The van der Waals surface area contributed by atoms with Crippen LogP contribution >= 0.6 is 0 Å². The van der Waals surface area contributed by atoms with Crippen molar-refractivity contribution in [2.75, 3.05) is 0 Å². The molecule has 0 N–H and O–H groups in total. The number of hydrogen-bond acceptors (Lipinski definition) is 3. The molecule has 7 heterocycles. The molecule has 10 nitrogen and oxygen atoms in total. The van der Waals surface area contributed by atoms with E-state index in [2.05, 4.69) is 366 Å². The molecule has 0 saturated carbocycles. The van der Waals surface area contributed by atoms with Gasteiger partial charge in [-0.2, -0.15) is 0 Å². The molecule has 0 fully saturated rings. The summed E-state index contributed by atoms with van der Waals surface area (Å²) < 4.78 is 14.6. The largest absolute Gasteiger partial charge is 0.309 e. The lowest BCUT2D eigenvalue weighted by Crippen LogP contribution is -2.06. The summed E-state index contributed by atoms with van der Waals surface area (Å²) >= 11 is 0. The van der Waals surface area contributed by atoms with Crippen molar-refractivity contribution < 1.29 is 0 Å². The first-order valence-corrected chi connectivity index (χ1v) is 39.3. The highest BCUT2D eigenvalue weighted by Gasteiger charge is 2.29. The van der Waals surface area contributed by atoms with Crippen molar-refractivity contribution in [2.24, 2.45) is 0 Å². The van der Waals surface area contributed by atoms with Gasteiger partial charge in [0.15, 0.2) is 23.2 Å². The minimum atomic E-state index is 0.480. The van der Waals surface area contributed by atoms with Gasteiger partial charge in [0.2, 0.25) is 0 Å². The molecule has 10 heteroatoms. The number of fused-ring (bicyclic) bond motifs is 18. The lowest BCUT2D eigenvalue weighted by molar-refractivity contribution is 1.06. The number of aromatic nitrogens is 9. The third-order valence-electron chi connectivity index (χ3n) is 23.9. The lowest BCUT2D eigenvalue weighted by Gasteiger charge is -2.22. The van der Waals surface area contributed by atoms with Crippen LogP contribution in [0.5, 0.6) is 0 Å². The monoisotopic (exact) mass is 1480 g/mol. The first kappa shape index (κ1) is 64.8. The molecule has 7 aromatic heterocycles. The Labute approximate surface area is 664 Å². The Bertz CT molecular complexity index is 7690. The van der Waals surface area contributed by atoms with Crippen molar-refractivity contribution >= 4 is 137 Å². The van der Waals surface area contributed by atoms with Gasteiger partial charge >= 0.3 is 0 Å². The van der Waals surface area contributed by atoms with Crippen molar-refractivity contribution in [3.63, 3.8) is 0 Å². The van der Waals surface area contributed by atoms with Crippen LogP contribution in [-0.2, 0) is 0 Å². The number of benzene rings is 17. The van der Waals surface area contributed by atoms with Crippen LogP contribution in [-0.4, -0.2) is 42.4 Å². The van der Waals surface area contributed by atoms with Crippen LogP contribution in [0.2, 0.25) is 0 Å². The van der Waals surface area contributed by atoms with E-state index < -0.39 is 0 Å². The molecular weight excluding hydrogens is 1410 g/mol. The summed E-state index contributed by atoms with van der Waals surface area (Å²) in [6.07, 6.45) is 0. The third-order valence-corrected chi connectivity index (χ3v) is 23.9. The Kier molecular flexibility index (Phi) is 14.3. The minimum Gasteiger partial charge on any atom is -0.309 e. The van der Waals surface area contributed by atoms with Gasteiger partial charge in [-0.05, 0) is 156 Å². The number of hydrogen-bond donors (Lipinski definition) is 0. The maximum atomic E-state index is 8.71. The van der Waals surface area contributed by atoms with E-state index in [-0.39, 0.29) is 0 Å². The molecule has 0 aliphatic rings. The molecular formula is C106H64N10. The fraction of sp³-hybridized carbons (Fsp3) is 0. The number of rotatable bonds is 11. The van der Waals surface area contributed by atoms with Crippen LogP contribution in [0.4, 0.5) is 5.69 Å². The molecule has 0 bridgehead atoms. The van der Waals surface area contributed by atoms with Gasteiger partial charge in [-0.15, -0.1) is 0 Å². The van der Waals surface area contributed by atoms with E-state index in [1.807, 2.05) is 54.6 Å². The van der Waals surface area contributed by atoms with E-state index in [1.54, 1.807) is 0 Å². The molecule has 0 unspecified atom stereocenters. The summed E-state index contributed by atoms with van der Waals surface area (Å²) in [6, 6.07) is 140. The van der Waals surface area contributed by atoms with Gasteiger partial charge < -0.3 is 27.4 Å². The van der Waals surface area contributed by atoms with Gasteiger partial charge in [0.1, 0.15) is 0 Å². The van der Waals surface area contributed by atoms with Crippen LogP contribution in [0.1, 0.15) is 0 Å². The normalized spacial score (nSPS) is 12.0. The average molecular weight is 1480 g/mol. The molecule has 24 aromatic rings. The molecule has 0 saturated heterocycles. The first-order chi connectivity index (χ1) is 57.5. The van der Waals surface area contributed by atoms with Gasteiger partial charge in [0.05, 0.1) is 89.7 Å². The second-order valence-electron chi connectivity index (χ2n) is 30.1. The zero-order valence-corrected chi connectivity index (χ0v) is 62.4. The zero-order chi connectivity index (χ0) is 76.2. The fourth-order valence-corrected chi connectivity index (χ4v) is 18.9. The van der Waals surface area contributed by atoms with Crippen LogP contribution in [0.25, 0.3) is 226 Å². The van der Waals surface area contributed by atoms with Crippen molar-refractivity contribution in [1.82, 2.24) is 42.4 Å². The average Bonchev–Trinajstić information content (AvgIpc) is 1.56. The van der Waals surface area contributed by atoms with E-state index in [0.717, 1.165) is 161 Å². The summed E-state index contributed by atoms with van der Waals surface area (Å²) in [6.45, 7) is 8.71. The standard InChI is InChI=1S/C106H64N10/c1-107-88-41-17-8-31-73(88)68-51-56-97(115-98-57-52-69(111-89-42-18-9-32-74(89)75-33-10-19-43-90(75)111)62-84(98)85-63-70(53-58-99(85)115)112-91-44-20-11-34-76(91)77-35-12-21-45-92(77)112)83(61-68)82-40-26-50-102(103(82)106-109-104(66-27-4-2-5-28-66)108-105(110-106)67-29-6-3-7-30-67)116-100-59-54-71(113-93-46-22-13-36-78(93)79-37-14-23-47-94(79)113)64-86(100)87-65-72(55-60-101(87)116)114-95-48-24-15-38-80(95)81-39-16-25-49-96(81)114/h2-65H. The zero-order valence-electron chi connectivity index (χ0n) is 62.4. The van der Waals surface area contributed by atoms with E-state index in [9.17, 15) is 0 Å². The van der Waals surface area contributed by atoms with Gasteiger partial charge in [0.25, 0.3) is 0 Å². The topological polar surface area (TPSA) is 72.6 Å². The van der Waals surface area contributed by atoms with Gasteiger partial charge in [0, 0.05) is 104 Å². The van der Waals surface area contributed by atoms with E-state index in [0.29, 0.717) is 23.2 Å². The molecule has 0 atom stereocenters. The van der Waals surface area contributed by atoms with Crippen LogP contribution < -0.4 is 0 Å². The van der Waals surface area contributed by atoms with E-state index >= 15 is 0 Å². The van der Waals surface area contributed by atoms with Crippen LogP contribution in [0, 0.1) is 6.57 Å². The van der Waals surface area contributed by atoms with Crippen molar-refractivity contribution in [2.45, 2.75) is 0 Å². The third kappa shape index (κ3) is 9.73. The van der Waals surface area contributed by atoms with Crippen molar-refractivity contribution in [3.8, 4) is 90.5 Å². The molecule has 24 rings (SSSR count). The number of para-hydroxylation sites is 9. The fourth-order valence-electron chi connectivity index (χ4n) is 18.9. The SMILES string of the molecule is [C-]#[N+]c1ccccc1-c1ccc(-n2c3ccc(-n4c5ccccc5c5ccccc54)cc3c3cc(-n4c5ccccc5c5ccccc54)ccc32)c(-c2cccc(-n3c4ccc(-n5c6ccccc6c6ccccc65)cc4c4cc(-n5c6ccccc6c6ccccc65)ccc43)c2-c2nc(-c3ccccc3)nc(-c3ccccc3)n2)c1. The smallest absolute Gasteiger partial charge is 0.194 e. The Morgan fingerprint density at radius 2 is 0.483 bits per heavy atom. The molecule has 17 aromatic carbocycles. The highest BCUT2D eigenvalue weighted by molar-refractivity contribution is 6.18. The first-order valence-electron chi connectivity index (χ1n) is 39.3. The van der Waals surface area contributed by atoms with Crippen molar-refractivity contribution in [1.29, 1.82) is 0 Å². The summed E-state index contributed by atoms with van der Waals surface area (Å²) in [5.74, 6) is 1.54. The molecule has 0 aliphatic carbocycles. The molecule has 0 aliphatic heterocycles. The molecule has 116 heavy (non-hydrogen) atoms. The molecule has 0 amide bonds. The highest BCUT2D eigenvalue weighted by atomic mass is 15.1. The summed E-state index contributed by atoms with van der Waals surface area (Å²) in [7, 11) is 0. The summed E-state index contributed by atoms with van der Waals surface area (Å²) in [4.78, 5) is 21.2. The predicted octanol–water partition coefficient (Wildman–Crippen LogP) is 27.3. The lowest BCUT2D eigenvalue weighted by atomic mass is 9.92. The second kappa shape index (κ2) is 25.5. The maximum absolute atomic E-state index is 8.71. The Morgan fingerprint density at radius 3 is 0.836 bits per heavy atom. The quantitative estimate of drug-likeness (QED) is 0.121. The van der Waals surface area contributed by atoms with E-state index in [4.69, 9.17) is 21.5 Å². The molecule has 538 valence electrons. The Morgan fingerprint density at radius 1 is 0.190 bits per heavy atom. The second-order valence-corrected chi connectivity index (χ2v) is 30.1. The van der Waals surface area contributed by atoms with Gasteiger partial charge in [-0.25, -0.2) is 19.8 Å². The molecule has 0 radical (unpaired) electrons. The predicted molar refractivity (Wildman–Crippen MR) is 479 cm³/mol. The highest BCUT2D eigenvalue weighted by Crippen LogP contribution is 2.49. The number of nitrogens with zero attached hydrogens (tertiary/aromatic N) is 10. The molecule has 0 spiro atoms. The summed E-state index contributed by atoms with van der Waals surface area (Å²) in [5.41, 5.74) is 25.5. The Hall–Kier alpha value is -16.0. The Balaban J connectivity index is 0.830. The summed E-state index contributed by atoms with van der Waals surface area (Å²) in [5, 5.41) is 13.8.